The lowest BCUT2D eigenvalue weighted by Gasteiger charge is -2.16. The number of nitrogens with zero attached hydrogens (tertiary/aromatic N) is 2. The molecule has 126 valence electrons. The van der Waals surface area contributed by atoms with Crippen LogP contribution in [0.5, 0.6) is 0 Å². The van der Waals surface area contributed by atoms with Crippen LogP contribution in [0.15, 0.2) is 24.3 Å². The third-order valence-corrected chi connectivity index (χ3v) is 4.34. The van der Waals surface area contributed by atoms with Gasteiger partial charge in [-0.05, 0) is 25.0 Å². The third kappa shape index (κ3) is 3.15. The second-order valence-electron chi connectivity index (χ2n) is 5.92. The molecule has 2 heterocycles. The Kier molecular flexibility index (Phi) is 4.59. The Hall–Kier alpha value is -2.70. The molecule has 0 atom stereocenters. The van der Waals surface area contributed by atoms with Crippen LogP contribution in [0.25, 0.3) is 0 Å². The van der Waals surface area contributed by atoms with Crippen LogP contribution in [0.4, 0.5) is 0 Å². The Morgan fingerprint density at radius 1 is 1.00 bits per heavy atom. The lowest BCUT2D eigenvalue weighted by molar-refractivity contribution is -0.132. The molecule has 0 radical (unpaired) electrons. The molecular formula is C17H19N3O4. The van der Waals surface area contributed by atoms with E-state index in [1.54, 1.807) is 29.2 Å². The highest BCUT2D eigenvalue weighted by molar-refractivity contribution is 6.21. The van der Waals surface area contributed by atoms with Crippen LogP contribution in [0.1, 0.15) is 40.0 Å². The molecule has 4 amide bonds. The first-order valence-electron chi connectivity index (χ1n) is 8.07. The second-order valence-corrected chi connectivity index (χ2v) is 5.92. The minimum atomic E-state index is -0.378. The average molecular weight is 329 g/mol. The van der Waals surface area contributed by atoms with Crippen molar-refractivity contribution in [2.45, 2.75) is 19.3 Å². The summed E-state index contributed by atoms with van der Waals surface area (Å²) < 4.78 is 0. The summed E-state index contributed by atoms with van der Waals surface area (Å²) in [6, 6.07) is 6.60. The van der Waals surface area contributed by atoms with Crippen LogP contribution in [0, 0.1) is 0 Å². The first-order valence-corrected chi connectivity index (χ1v) is 8.07. The van der Waals surface area contributed by atoms with Gasteiger partial charge in [0.2, 0.25) is 11.8 Å². The van der Waals surface area contributed by atoms with Crippen LogP contribution >= 0.6 is 0 Å². The quantitative estimate of drug-likeness (QED) is 0.793. The molecule has 0 aliphatic carbocycles. The van der Waals surface area contributed by atoms with Gasteiger partial charge in [-0.3, -0.25) is 24.1 Å². The van der Waals surface area contributed by atoms with Crippen molar-refractivity contribution in [3.8, 4) is 0 Å². The number of fused-ring (bicyclic) bond motifs is 1. The van der Waals surface area contributed by atoms with E-state index in [2.05, 4.69) is 5.32 Å². The van der Waals surface area contributed by atoms with Crippen molar-refractivity contribution in [2.75, 3.05) is 26.2 Å². The highest BCUT2D eigenvalue weighted by atomic mass is 16.2. The van der Waals surface area contributed by atoms with Crippen LogP contribution in [0.2, 0.25) is 0 Å². The van der Waals surface area contributed by atoms with E-state index in [1.165, 1.54) is 0 Å². The molecule has 24 heavy (non-hydrogen) atoms. The predicted molar refractivity (Wildman–Crippen MR) is 85.2 cm³/mol. The Bertz CT molecular complexity index is 660. The molecule has 0 saturated carbocycles. The van der Waals surface area contributed by atoms with E-state index in [0.717, 1.165) is 30.8 Å². The van der Waals surface area contributed by atoms with Gasteiger partial charge in [-0.15, -0.1) is 0 Å². The van der Waals surface area contributed by atoms with Crippen molar-refractivity contribution in [1.29, 1.82) is 0 Å². The molecule has 1 aromatic carbocycles. The highest BCUT2D eigenvalue weighted by Gasteiger charge is 2.34. The van der Waals surface area contributed by atoms with Gasteiger partial charge in [-0.25, -0.2) is 0 Å². The van der Waals surface area contributed by atoms with Crippen molar-refractivity contribution in [2.24, 2.45) is 0 Å². The molecule has 0 spiro atoms. The maximum Gasteiger partial charge on any atom is 0.261 e. The maximum atomic E-state index is 12.2. The first-order chi connectivity index (χ1) is 11.6. The van der Waals surface area contributed by atoms with E-state index in [9.17, 15) is 19.2 Å². The van der Waals surface area contributed by atoms with E-state index >= 15 is 0 Å². The zero-order valence-corrected chi connectivity index (χ0v) is 13.3. The van der Waals surface area contributed by atoms with Crippen molar-refractivity contribution >= 4 is 23.6 Å². The minimum absolute atomic E-state index is 0.0100. The molecule has 7 nitrogen and oxygen atoms in total. The van der Waals surface area contributed by atoms with Gasteiger partial charge in [0.15, 0.2) is 0 Å². The molecule has 1 saturated heterocycles. The normalized spacial score (nSPS) is 16.5. The minimum Gasteiger partial charge on any atom is -0.347 e. The highest BCUT2D eigenvalue weighted by Crippen LogP contribution is 2.22. The number of amides is 4. The maximum absolute atomic E-state index is 12.2. The number of likely N-dealkylation sites (tertiary alicyclic amines) is 1. The fourth-order valence-corrected chi connectivity index (χ4v) is 3.00. The topological polar surface area (TPSA) is 86.8 Å². The third-order valence-electron chi connectivity index (χ3n) is 4.34. The van der Waals surface area contributed by atoms with Crippen LogP contribution in [-0.2, 0) is 9.59 Å². The fourth-order valence-electron chi connectivity index (χ4n) is 3.00. The van der Waals surface area contributed by atoms with Gasteiger partial charge in [-0.2, -0.15) is 0 Å². The average Bonchev–Trinajstić information content (AvgIpc) is 3.20. The van der Waals surface area contributed by atoms with Gasteiger partial charge in [0.25, 0.3) is 11.8 Å². The number of carbonyl (C=O) groups is 4. The van der Waals surface area contributed by atoms with Crippen LogP contribution in [0.3, 0.4) is 0 Å². The molecule has 2 aliphatic rings. The van der Waals surface area contributed by atoms with Crippen LogP contribution < -0.4 is 5.32 Å². The molecule has 0 bridgehead atoms. The fraction of sp³-hybridized carbons (Fsp3) is 0.412. The zero-order chi connectivity index (χ0) is 17.1. The Morgan fingerprint density at radius 3 is 2.17 bits per heavy atom. The van der Waals surface area contributed by atoms with Gasteiger partial charge in [0, 0.05) is 26.1 Å². The Balaban J connectivity index is 1.48. The summed E-state index contributed by atoms with van der Waals surface area (Å²) in [5.74, 6) is -1.20. The van der Waals surface area contributed by atoms with Gasteiger partial charge in [-0.1, -0.05) is 12.1 Å². The summed E-state index contributed by atoms with van der Waals surface area (Å²) in [6.07, 6.45) is 1.98. The summed E-state index contributed by atoms with van der Waals surface area (Å²) in [4.78, 5) is 50.9. The smallest absolute Gasteiger partial charge is 0.261 e. The molecule has 0 unspecified atom stereocenters. The summed E-state index contributed by atoms with van der Waals surface area (Å²) in [5, 5.41) is 2.55. The van der Waals surface area contributed by atoms with E-state index in [-0.39, 0.29) is 43.1 Å². The molecule has 1 aromatic rings. The van der Waals surface area contributed by atoms with E-state index in [0.29, 0.717) is 11.1 Å². The standard InChI is InChI=1S/C17H19N3O4/c21-14(18-11-15(22)19-8-3-4-9-19)7-10-20-16(23)12-5-1-2-6-13(12)17(20)24/h1-2,5-6H,3-4,7-11H2,(H,18,21). The number of hydrogen-bond donors (Lipinski definition) is 1. The van der Waals surface area contributed by atoms with Gasteiger partial charge >= 0.3 is 0 Å². The number of rotatable bonds is 5. The molecule has 1 fully saturated rings. The van der Waals surface area contributed by atoms with Gasteiger partial charge in [0.05, 0.1) is 17.7 Å². The summed E-state index contributed by atoms with van der Waals surface area (Å²) in [6.45, 7) is 1.45. The van der Waals surface area contributed by atoms with Gasteiger partial charge < -0.3 is 10.2 Å². The largest absolute Gasteiger partial charge is 0.347 e. The van der Waals surface area contributed by atoms with E-state index < -0.39 is 0 Å². The number of hydrogen-bond acceptors (Lipinski definition) is 4. The molecule has 3 rings (SSSR count). The zero-order valence-electron chi connectivity index (χ0n) is 13.3. The van der Waals surface area contributed by atoms with Crippen LogP contribution in [-0.4, -0.2) is 59.6 Å². The van der Waals surface area contributed by atoms with E-state index in [1.807, 2.05) is 0 Å². The molecule has 0 aromatic heterocycles. The Morgan fingerprint density at radius 2 is 1.58 bits per heavy atom. The lowest BCUT2D eigenvalue weighted by atomic mass is 10.1. The van der Waals surface area contributed by atoms with E-state index in [4.69, 9.17) is 0 Å². The molecular weight excluding hydrogens is 310 g/mol. The van der Waals surface area contributed by atoms with Crippen molar-refractivity contribution < 1.29 is 19.2 Å². The van der Waals surface area contributed by atoms with Crippen molar-refractivity contribution in [3.63, 3.8) is 0 Å². The number of carbonyl (C=O) groups excluding carboxylic acids is 4. The molecule has 1 N–H and O–H groups in total. The van der Waals surface area contributed by atoms with Crippen molar-refractivity contribution in [1.82, 2.24) is 15.1 Å². The lowest BCUT2D eigenvalue weighted by Crippen LogP contribution is -2.40. The molecule has 7 heteroatoms. The second kappa shape index (κ2) is 6.82. The summed E-state index contributed by atoms with van der Waals surface area (Å²) >= 11 is 0. The first kappa shape index (κ1) is 16.2. The number of benzene rings is 1. The summed E-state index contributed by atoms with van der Waals surface area (Å²) in [7, 11) is 0. The monoisotopic (exact) mass is 329 g/mol. The SMILES string of the molecule is O=C(CCN1C(=O)c2ccccc2C1=O)NCC(=O)N1CCCC1. The Labute approximate surface area is 139 Å². The number of nitrogens with one attached hydrogen (secondary N) is 1. The summed E-state index contributed by atoms with van der Waals surface area (Å²) in [5.41, 5.74) is 0.735. The van der Waals surface area contributed by atoms with Crippen molar-refractivity contribution in [3.05, 3.63) is 35.4 Å². The molecule has 2 aliphatic heterocycles. The van der Waals surface area contributed by atoms with Gasteiger partial charge in [0.1, 0.15) is 0 Å². The predicted octanol–water partition coefficient (Wildman–Crippen LogP) is 0.411. The number of imide groups is 1.